The molecule has 2 aromatic rings. The molecule has 19 heavy (non-hydrogen) atoms. The van der Waals surface area contributed by atoms with Crippen LogP contribution in [0.5, 0.6) is 0 Å². The van der Waals surface area contributed by atoms with Crippen LogP contribution in [-0.2, 0) is 10.2 Å². The minimum atomic E-state index is -0.436. The smallest absolute Gasteiger partial charge is 0.236 e. The van der Waals surface area contributed by atoms with Crippen molar-refractivity contribution in [2.24, 2.45) is 0 Å². The number of anilines is 1. The number of hydrogen-bond acceptors (Lipinski definition) is 1. The molecule has 0 radical (unpaired) electrons. The Morgan fingerprint density at radius 1 is 0.947 bits per heavy atom. The van der Waals surface area contributed by atoms with Gasteiger partial charge in [-0.1, -0.05) is 48.5 Å². The van der Waals surface area contributed by atoms with E-state index >= 15 is 0 Å². The van der Waals surface area contributed by atoms with Gasteiger partial charge in [-0.15, -0.1) is 0 Å². The quantitative estimate of drug-likeness (QED) is 0.758. The second kappa shape index (κ2) is 3.95. The van der Waals surface area contributed by atoms with Crippen LogP contribution in [0.25, 0.3) is 11.1 Å². The zero-order valence-electron chi connectivity index (χ0n) is 11.5. The van der Waals surface area contributed by atoms with Crippen molar-refractivity contribution in [3.05, 3.63) is 54.1 Å². The number of carbonyl (C=O) groups is 1. The van der Waals surface area contributed by atoms with Crippen molar-refractivity contribution in [3.63, 3.8) is 0 Å². The number of nitrogens with zero attached hydrogens (tertiary/aromatic N) is 1. The first-order chi connectivity index (χ1) is 9.03. The molecule has 1 amide bonds. The minimum Gasteiger partial charge on any atom is -0.314 e. The predicted octanol–water partition coefficient (Wildman–Crippen LogP) is 3.61. The number of hydrogen-bond donors (Lipinski definition) is 0. The zero-order chi connectivity index (χ0) is 13.6. The monoisotopic (exact) mass is 251 g/mol. The lowest BCUT2D eigenvalue weighted by atomic mass is 9.85. The van der Waals surface area contributed by atoms with Gasteiger partial charge in [0.15, 0.2) is 0 Å². The van der Waals surface area contributed by atoms with Crippen LogP contribution in [0.15, 0.2) is 48.5 Å². The first-order valence-corrected chi connectivity index (χ1v) is 6.50. The van der Waals surface area contributed by atoms with Gasteiger partial charge in [0.2, 0.25) is 5.91 Å². The second-order valence-electron chi connectivity index (χ2n) is 5.56. The number of para-hydroxylation sites is 1. The van der Waals surface area contributed by atoms with Crippen LogP contribution in [0, 0.1) is 0 Å². The van der Waals surface area contributed by atoms with Gasteiger partial charge < -0.3 is 4.90 Å². The summed E-state index contributed by atoms with van der Waals surface area (Å²) in [7, 11) is 1.86. The highest BCUT2D eigenvalue weighted by Crippen LogP contribution is 2.45. The van der Waals surface area contributed by atoms with E-state index in [4.69, 9.17) is 0 Å². The molecule has 3 rings (SSSR count). The maximum absolute atomic E-state index is 12.4. The van der Waals surface area contributed by atoms with Gasteiger partial charge in [-0.3, -0.25) is 4.79 Å². The third-order valence-electron chi connectivity index (χ3n) is 3.97. The summed E-state index contributed by atoms with van der Waals surface area (Å²) >= 11 is 0. The highest BCUT2D eigenvalue weighted by atomic mass is 16.2. The van der Waals surface area contributed by atoms with E-state index in [2.05, 4.69) is 24.3 Å². The molecule has 0 aromatic heterocycles. The lowest BCUT2D eigenvalue weighted by Crippen LogP contribution is -2.33. The number of amides is 1. The molecular formula is C17H17NO. The fraction of sp³-hybridized carbons (Fsp3) is 0.235. The van der Waals surface area contributed by atoms with Crippen LogP contribution in [0.4, 0.5) is 5.69 Å². The third-order valence-corrected chi connectivity index (χ3v) is 3.97. The molecule has 2 heteroatoms. The van der Waals surface area contributed by atoms with E-state index < -0.39 is 5.41 Å². The molecule has 0 fully saturated rings. The third kappa shape index (κ3) is 1.60. The van der Waals surface area contributed by atoms with Crippen molar-refractivity contribution >= 4 is 11.6 Å². The Labute approximate surface area is 113 Å². The normalized spacial score (nSPS) is 16.6. The van der Waals surface area contributed by atoms with E-state index in [1.807, 2.05) is 45.2 Å². The lowest BCUT2D eigenvalue weighted by molar-refractivity contribution is -0.121. The van der Waals surface area contributed by atoms with Crippen LogP contribution in [0.1, 0.15) is 19.4 Å². The van der Waals surface area contributed by atoms with Crippen molar-refractivity contribution in [1.82, 2.24) is 0 Å². The molecule has 0 atom stereocenters. The van der Waals surface area contributed by atoms with Gasteiger partial charge in [0.1, 0.15) is 0 Å². The molecule has 0 spiro atoms. The Morgan fingerprint density at radius 2 is 1.63 bits per heavy atom. The Balaban J connectivity index is 2.28. The second-order valence-corrected chi connectivity index (χ2v) is 5.56. The molecule has 0 unspecified atom stereocenters. The van der Waals surface area contributed by atoms with Gasteiger partial charge in [0, 0.05) is 12.6 Å². The van der Waals surface area contributed by atoms with Crippen LogP contribution in [0.2, 0.25) is 0 Å². The van der Waals surface area contributed by atoms with E-state index in [0.717, 1.165) is 22.4 Å². The molecule has 0 bridgehead atoms. The maximum Gasteiger partial charge on any atom is 0.236 e. The topological polar surface area (TPSA) is 20.3 Å². The highest BCUT2D eigenvalue weighted by Gasteiger charge is 2.43. The summed E-state index contributed by atoms with van der Waals surface area (Å²) in [5, 5.41) is 0. The molecule has 0 N–H and O–H groups in total. The fourth-order valence-electron chi connectivity index (χ4n) is 2.90. The lowest BCUT2D eigenvalue weighted by Gasteiger charge is -2.16. The molecule has 0 aliphatic carbocycles. The number of rotatable bonds is 1. The van der Waals surface area contributed by atoms with Crippen molar-refractivity contribution in [3.8, 4) is 11.1 Å². The van der Waals surface area contributed by atoms with Crippen LogP contribution in [-0.4, -0.2) is 13.0 Å². The van der Waals surface area contributed by atoms with Gasteiger partial charge in [0.25, 0.3) is 0 Å². The Kier molecular flexibility index (Phi) is 2.49. The minimum absolute atomic E-state index is 0.158. The summed E-state index contributed by atoms with van der Waals surface area (Å²) in [4.78, 5) is 14.2. The molecular weight excluding hydrogens is 234 g/mol. The SMILES string of the molecule is CN1C(=O)C(C)(C)c2cccc(-c3ccccc3)c21. The van der Waals surface area contributed by atoms with Crippen LogP contribution < -0.4 is 4.90 Å². The number of likely N-dealkylation sites (N-methyl/N-ethyl adjacent to an activating group) is 1. The fourth-order valence-corrected chi connectivity index (χ4v) is 2.90. The molecule has 1 heterocycles. The van der Waals surface area contributed by atoms with E-state index in [1.54, 1.807) is 4.90 Å². The molecule has 2 nitrogen and oxygen atoms in total. The summed E-state index contributed by atoms with van der Waals surface area (Å²) in [5.74, 6) is 0.158. The maximum atomic E-state index is 12.4. The van der Waals surface area contributed by atoms with E-state index in [1.165, 1.54) is 0 Å². The highest BCUT2D eigenvalue weighted by molar-refractivity contribution is 6.10. The first kappa shape index (κ1) is 12.0. The number of benzene rings is 2. The van der Waals surface area contributed by atoms with Gasteiger partial charge in [0.05, 0.1) is 11.1 Å². The van der Waals surface area contributed by atoms with Gasteiger partial charge in [-0.25, -0.2) is 0 Å². The molecule has 1 aliphatic heterocycles. The molecule has 0 saturated heterocycles. The molecule has 1 aliphatic rings. The van der Waals surface area contributed by atoms with Crippen LogP contribution in [0.3, 0.4) is 0 Å². The summed E-state index contributed by atoms with van der Waals surface area (Å²) in [5.41, 5.74) is 4.00. The number of fused-ring (bicyclic) bond motifs is 1. The molecule has 0 saturated carbocycles. The van der Waals surface area contributed by atoms with Crippen molar-refractivity contribution in [1.29, 1.82) is 0 Å². The van der Waals surface area contributed by atoms with Gasteiger partial charge in [-0.05, 0) is 25.0 Å². The predicted molar refractivity (Wildman–Crippen MR) is 78.3 cm³/mol. The average Bonchev–Trinajstić information content (AvgIpc) is 2.61. The Morgan fingerprint density at radius 3 is 2.32 bits per heavy atom. The summed E-state index contributed by atoms with van der Waals surface area (Å²) < 4.78 is 0. The van der Waals surface area contributed by atoms with Gasteiger partial charge >= 0.3 is 0 Å². The number of carbonyl (C=O) groups excluding carboxylic acids is 1. The Bertz CT molecular complexity index is 644. The van der Waals surface area contributed by atoms with Crippen molar-refractivity contribution in [2.45, 2.75) is 19.3 Å². The largest absolute Gasteiger partial charge is 0.314 e. The van der Waals surface area contributed by atoms with Crippen molar-refractivity contribution < 1.29 is 4.79 Å². The van der Waals surface area contributed by atoms with Gasteiger partial charge in [-0.2, -0.15) is 0 Å². The summed E-state index contributed by atoms with van der Waals surface area (Å²) in [6, 6.07) is 16.4. The summed E-state index contributed by atoms with van der Waals surface area (Å²) in [6.45, 7) is 3.98. The van der Waals surface area contributed by atoms with E-state index in [0.29, 0.717) is 0 Å². The van der Waals surface area contributed by atoms with Crippen molar-refractivity contribution in [2.75, 3.05) is 11.9 Å². The summed E-state index contributed by atoms with van der Waals surface area (Å²) in [6.07, 6.45) is 0. The molecule has 2 aromatic carbocycles. The Hall–Kier alpha value is -2.09. The zero-order valence-corrected chi connectivity index (χ0v) is 11.5. The average molecular weight is 251 g/mol. The van der Waals surface area contributed by atoms with Crippen LogP contribution >= 0.6 is 0 Å². The first-order valence-electron chi connectivity index (χ1n) is 6.50. The standard InChI is InChI=1S/C17H17NO/c1-17(2)14-11-7-10-13(12-8-5-4-6-9-12)15(14)18(3)16(17)19/h4-11H,1-3H3. The van der Waals surface area contributed by atoms with E-state index in [-0.39, 0.29) is 5.91 Å². The van der Waals surface area contributed by atoms with E-state index in [9.17, 15) is 4.79 Å². The molecule has 96 valence electrons.